The van der Waals surface area contributed by atoms with Crippen molar-refractivity contribution < 1.29 is 0 Å². The first kappa shape index (κ1) is 9.41. The molecule has 15 heavy (non-hydrogen) atoms. The number of hydrogen-bond donors (Lipinski definition) is 1. The molecule has 1 fully saturated rings. The largest absolute Gasteiger partial charge is 0.330 e. The molecule has 1 heteroatoms. The Balaban J connectivity index is 1.99. The highest BCUT2D eigenvalue weighted by molar-refractivity contribution is 5.35. The van der Waals surface area contributed by atoms with E-state index >= 15 is 0 Å². The van der Waals surface area contributed by atoms with Gasteiger partial charge in [0.1, 0.15) is 0 Å². The molecule has 0 saturated heterocycles. The number of hydrogen-bond acceptors (Lipinski definition) is 1. The number of rotatable bonds is 2. The molecule has 3 rings (SSSR count). The first-order valence-corrected chi connectivity index (χ1v) is 6.14. The first-order valence-electron chi connectivity index (χ1n) is 6.14. The molecule has 1 atom stereocenters. The molecule has 0 amide bonds. The lowest BCUT2D eigenvalue weighted by molar-refractivity contribution is 0.365. The second kappa shape index (κ2) is 3.34. The van der Waals surface area contributed by atoms with Gasteiger partial charge in [0, 0.05) is 0 Å². The molecule has 1 unspecified atom stereocenters. The molecule has 1 aromatic carbocycles. The van der Waals surface area contributed by atoms with Crippen molar-refractivity contribution in [2.45, 2.75) is 38.0 Å². The zero-order valence-electron chi connectivity index (χ0n) is 9.21. The van der Waals surface area contributed by atoms with Gasteiger partial charge in [0.25, 0.3) is 0 Å². The quantitative estimate of drug-likeness (QED) is 0.782. The average Bonchev–Trinajstić information content (AvgIpc) is 3.09. The van der Waals surface area contributed by atoms with Gasteiger partial charge in [-0.05, 0) is 61.1 Å². The van der Waals surface area contributed by atoms with Crippen LogP contribution in [0.4, 0.5) is 0 Å². The summed E-state index contributed by atoms with van der Waals surface area (Å²) in [6, 6.07) is 8.98. The molecular weight excluding hydrogens is 182 g/mol. The molecule has 1 nitrogen and oxygen atoms in total. The molecule has 0 aromatic heterocycles. The van der Waals surface area contributed by atoms with Crippen molar-refractivity contribution in [3.05, 3.63) is 35.4 Å². The Morgan fingerprint density at radius 1 is 1.27 bits per heavy atom. The zero-order valence-corrected chi connectivity index (χ0v) is 9.21. The Labute approximate surface area is 91.7 Å². The van der Waals surface area contributed by atoms with E-state index in [9.17, 15) is 0 Å². The first-order chi connectivity index (χ1) is 7.36. The summed E-state index contributed by atoms with van der Waals surface area (Å²) in [4.78, 5) is 0. The lowest BCUT2D eigenvalue weighted by Gasteiger charge is -2.32. The third-order valence-corrected chi connectivity index (χ3v) is 4.41. The maximum absolute atomic E-state index is 5.96. The standard InChI is InChI=1S/C14H19N/c15-10-14(8-9-14)13-7-3-5-11-4-1-2-6-12(11)13/h1-2,4,6,13H,3,5,7-10,15H2. The molecule has 80 valence electrons. The molecule has 0 heterocycles. The Kier molecular flexibility index (Phi) is 2.10. The van der Waals surface area contributed by atoms with Crippen LogP contribution in [0.2, 0.25) is 0 Å². The Hall–Kier alpha value is -0.820. The van der Waals surface area contributed by atoms with Crippen LogP contribution in [0.25, 0.3) is 0 Å². The fraction of sp³-hybridized carbons (Fsp3) is 0.571. The van der Waals surface area contributed by atoms with Gasteiger partial charge in [-0.25, -0.2) is 0 Å². The predicted octanol–water partition coefficient (Wildman–Crippen LogP) is 2.85. The Bertz CT molecular complexity index is 365. The number of benzene rings is 1. The van der Waals surface area contributed by atoms with Crippen molar-refractivity contribution in [2.75, 3.05) is 6.54 Å². The fourth-order valence-corrected chi connectivity index (χ4v) is 3.25. The van der Waals surface area contributed by atoms with E-state index in [2.05, 4.69) is 24.3 Å². The maximum atomic E-state index is 5.96. The van der Waals surface area contributed by atoms with Gasteiger partial charge >= 0.3 is 0 Å². The van der Waals surface area contributed by atoms with E-state index in [1.807, 2.05) is 0 Å². The maximum Gasteiger partial charge on any atom is -0.00147 e. The topological polar surface area (TPSA) is 26.0 Å². The van der Waals surface area contributed by atoms with Crippen molar-refractivity contribution in [3.8, 4) is 0 Å². The number of fused-ring (bicyclic) bond motifs is 1. The van der Waals surface area contributed by atoms with E-state index < -0.39 is 0 Å². The molecule has 1 aromatic rings. The second-order valence-corrected chi connectivity index (χ2v) is 5.21. The van der Waals surface area contributed by atoms with Crippen LogP contribution in [-0.2, 0) is 6.42 Å². The third kappa shape index (κ3) is 1.41. The third-order valence-electron chi connectivity index (χ3n) is 4.41. The van der Waals surface area contributed by atoms with Gasteiger partial charge in [-0.3, -0.25) is 0 Å². The summed E-state index contributed by atoms with van der Waals surface area (Å²) in [6.45, 7) is 0.881. The number of nitrogens with two attached hydrogens (primary N) is 1. The summed E-state index contributed by atoms with van der Waals surface area (Å²) in [7, 11) is 0. The van der Waals surface area contributed by atoms with E-state index in [1.165, 1.54) is 32.1 Å². The summed E-state index contributed by atoms with van der Waals surface area (Å²) >= 11 is 0. The fourth-order valence-electron chi connectivity index (χ4n) is 3.25. The van der Waals surface area contributed by atoms with Gasteiger partial charge in [0.05, 0.1) is 0 Å². The van der Waals surface area contributed by atoms with E-state index in [0.29, 0.717) is 5.41 Å². The lowest BCUT2D eigenvalue weighted by atomic mass is 9.74. The Morgan fingerprint density at radius 3 is 2.80 bits per heavy atom. The average molecular weight is 201 g/mol. The van der Waals surface area contributed by atoms with Gasteiger partial charge in [0.15, 0.2) is 0 Å². The predicted molar refractivity (Wildman–Crippen MR) is 62.8 cm³/mol. The van der Waals surface area contributed by atoms with Crippen molar-refractivity contribution >= 4 is 0 Å². The summed E-state index contributed by atoms with van der Waals surface area (Å²) in [5, 5.41) is 0. The summed E-state index contributed by atoms with van der Waals surface area (Å²) in [5.41, 5.74) is 9.62. The normalized spacial score (nSPS) is 27.1. The van der Waals surface area contributed by atoms with Gasteiger partial charge in [-0.15, -0.1) is 0 Å². The highest BCUT2D eigenvalue weighted by Crippen LogP contribution is 2.58. The van der Waals surface area contributed by atoms with Crippen molar-refractivity contribution in [1.82, 2.24) is 0 Å². The molecule has 0 bridgehead atoms. The molecule has 2 N–H and O–H groups in total. The highest BCUT2D eigenvalue weighted by atomic mass is 14.7. The highest BCUT2D eigenvalue weighted by Gasteiger charge is 2.49. The van der Waals surface area contributed by atoms with Crippen LogP contribution in [0.5, 0.6) is 0 Å². The monoisotopic (exact) mass is 201 g/mol. The van der Waals surface area contributed by atoms with Crippen LogP contribution in [0.1, 0.15) is 42.7 Å². The van der Waals surface area contributed by atoms with Crippen LogP contribution in [0.3, 0.4) is 0 Å². The van der Waals surface area contributed by atoms with Crippen LogP contribution >= 0.6 is 0 Å². The number of aryl methyl sites for hydroxylation is 1. The minimum absolute atomic E-state index is 0.483. The van der Waals surface area contributed by atoms with Gasteiger partial charge in [-0.2, -0.15) is 0 Å². The molecule has 2 aliphatic rings. The van der Waals surface area contributed by atoms with Gasteiger partial charge in [-0.1, -0.05) is 24.3 Å². The van der Waals surface area contributed by atoms with E-state index in [4.69, 9.17) is 5.73 Å². The molecule has 2 aliphatic carbocycles. The van der Waals surface area contributed by atoms with Crippen LogP contribution in [0, 0.1) is 5.41 Å². The van der Waals surface area contributed by atoms with Gasteiger partial charge in [0.2, 0.25) is 0 Å². The molecule has 0 spiro atoms. The second-order valence-electron chi connectivity index (χ2n) is 5.21. The minimum atomic E-state index is 0.483. The van der Waals surface area contributed by atoms with Gasteiger partial charge < -0.3 is 5.73 Å². The lowest BCUT2D eigenvalue weighted by Crippen LogP contribution is -2.26. The molecule has 0 aliphatic heterocycles. The van der Waals surface area contributed by atoms with Crippen molar-refractivity contribution in [2.24, 2.45) is 11.1 Å². The van der Waals surface area contributed by atoms with Crippen LogP contribution in [0.15, 0.2) is 24.3 Å². The zero-order chi connectivity index (χ0) is 10.3. The molecular formula is C14H19N. The van der Waals surface area contributed by atoms with Crippen molar-refractivity contribution in [3.63, 3.8) is 0 Å². The van der Waals surface area contributed by atoms with E-state index in [0.717, 1.165) is 12.5 Å². The van der Waals surface area contributed by atoms with Crippen LogP contribution in [-0.4, -0.2) is 6.54 Å². The SMILES string of the molecule is NCC1(C2CCCc3ccccc32)CC1. The van der Waals surface area contributed by atoms with Crippen molar-refractivity contribution in [1.29, 1.82) is 0 Å². The minimum Gasteiger partial charge on any atom is -0.330 e. The van der Waals surface area contributed by atoms with E-state index in [-0.39, 0.29) is 0 Å². The molecule has 1 saturated carbocycles. The summed E-state index contributed by atoms with van der Waals surface area (Å²) in [6.07, 6.45) is 6.68. The van der Waals surface area contributed by atoms with E-state index in [1.54, 1.807) is 11.1 Å². The Morgan fingerprint density at radius 2 is 2.07 bits per heavy atom. The molecule has 0 radical (unpaired) electrons. The van der Waals surface area contributed by atoms with Crippen LogP contribution < -0.4 is 5.73 Å². The summed E-state index contributed by atoms with van der Waals surface area (Å²) < 4.78 is 0. The smallest absolute Gasteiger partial charge is 0.00147 e. The summed E-state index contributed by atoms with van der Waals surface area (Å²) in [5.74, 6) is 0.757.